The first-order chi connectivity index (χ1) is 9.79. The van der Waals surface area contributed by atoms with E-state index >= 15 is 0 Å². The maximum absolute atomic E-state index is 5.27. The molecular formula is C16H17N2OS. The molecule has 20 heavy (non-hydrogen) atoms. The Morgan fingerprint density at radius 1 is 1.35 bits per heavy atom. The van der Waals surface area contributed by atoms with Gasteiger partial charge in [-0.1, -0.05) is 55.4 Å². The molecule has 0 saturated carbocycles. The van der Waals surface area contributed by atoms with E-state index in [0.717, 1.165) is 17.1 Å². The van der Waals surface area contributed by atoms with E-state index in [-0.39, 0.29) is 0 Å². The number of anilines is 1. The maximum Gasteiger partial charge on any atom is 0.175 e. The molecule has 4 heteroatoms. The topological polar surface area (TPSA) is 29.3 Å². The third kappa shape index (κ3) is 2.48. The van der Waals surface area contributed by atoms with Crippen molar-refractivity contribution in [2.75, 3.05) is 4.90 Å². The summed E-state index contributed by atoms with van der Waals surface area (Å²) in [7, 11) is 0. The maximum atomic E-state index is 5.27. The lowest BCUT2D eigenvalue weighted by atomic mass is 10.1. The summed E-state index contributed by atoms with van der Waals surface area (Å²) in [5, 5.41) is 4.14. The van der Waals surface area contributed by atoms with Crippen LogP contribution in [0.5, 0.6) is 0 Å². The zero-order chi connectivity index (χ0) is 13.9. The molecule has 0 saturated heterocycles. The van der Waals surface area contributed by atoms with Crippen molar-refractivity contribution in [2.24, 2.45) is 5.92 Å². The Kier molecular flexibility index (Phi) is 3.83. The average Bonchev–Trinajstić information content (AvgIpc) is 3.16. The van der Waals surface area contributed by atoms with Crippen molar-refractivity contribution in [3.05, 3.63) is 54.6 Å². The van der Waals surface area contributed by atoms with Gasteiger partial charge in [0.15, 0.2) is 5.76 Å². The first kappa shape index (κ1) is 13.3. The number of benzene rings is 1. The molecule has 0 fully saturated rings. The molecule has 1 aromatic carbocycles. The summed E-state index contributed by atoms with van der Waals surface area (Å²) in [6.07, 6.45) is 6.26. The number of rotatable bonds is 4. The molecule has 0 bridgehead atoms. The van der Waals surface area contributed by atoms with Gasteiger partial charge in [0.25, 0.3) is 0 Å². The van der Waals surface area contributed by atoms with Crippen molar-refractivity contribution in [3.8, 4) is 0 Å². The third-order valence-electron chi connectivity index (χ3n) is 3.54. The van der Waals surface area contributed by atoms with Crippen LogP contribution in [0.3, 0.4) is 0 Å². The molecule has 0 aliphatic carbocycles. The van der Waals surface area contributed by atoms with E-state index < -0.39 is 0 Å². The van der Waals surface area contributed by atoms with Gasteiger partial charge in [0.1, 0.15) is 0 Å². The molecule has 2 atom stereocenters. The number of hydrogen-bond donors (Lipinski definition) is 0. The van der Waals surface area contributed by atoms with E-state index in [1.165, 1.54) is 5.69 Å². The number of thioether (sulfide) groups is 1. The van der Waals surface area contributed by atoms with Crippen LogP contribution in [-0.4, -0.2) is 10.5 Å². The highest BCUT2D eigenvalue weighted by atomic mass is 32.2. The van der Waals surface area contributed by atoms with Gasteiger partial charge in [-0.3, -0.25) is 0 Å². The molecule has 1 aliphatic rings. The van der Waals surface area contributed by atoms with Crippen LogP contribution in [0.4, 0.5) is 5.69 Å². The first-order valence-electron chi connectivity index (χ1n) is 6.85. The molecule has 103 valence electrons. The van der Waals surface area contributed by atoms with Crippen LogP contribution in [0.1, 0.15) is 26.0 Å². The minimum absolute atomic E-state index is 0.350. The zero-order valence-electron chi connectivity index (χ0n) is 11.6. The summed E-state index contributed by atoms with van der Waals surface area (Å²) in [6, 6.07) is 12.3. The molecule has 0 spiro atoms. The molecule has 1 radical (unpaired) electrons. The highest BCUT2D eigenvalue weighted by Gasteiger charge is 2.32. The average molecular weight is 285 g/mol. The van der Waals surface area contributed by atoms with Gasteiger partial charge in [0.05, 0.1) is 22.7 Å². The summed E-state index contributed by atoms with van der Waals surface area (Å²) >= 11 is 1.80. The van der Waals surface area contributed by atoms with E-state index in [9.17, 15) is 0 Å². The van der Waals surface area contributed by atoms with Crippen molar-refractivity contribution in [3.63, 3.8) is 0 Å². The second kappa shape index (κ2) is 5.75. The lowest BCUT2D eigenvalue weighted by Crippen LogP contribution is -2.30. The lowest BCUT2D eigenvalue weighted by Gasteiger charge is -2.28. The van der Waals surface area contributed by atoms with E-state index in [2.05, 4.69) is 54.4 Å². The van der Waals surface area contributed by atoms with Crippen LogP contribution in [0, 0.1) is 12.1 Å². The van der Waals surface area contributed by atoms with Crippen molar-refractivity contribution in [1.82, 2.24) is 5.16 Å². The SMILES string of the molecule is CCC(C)C1SC(c2ccno2)=[C]N1c1ccccc1. The summed E-state index contributed by atoms with van der Waals surface area (Å²) in [5.41, 5.74) is 1.17. The predicted molar refractivity (Wildman–Crippen MR) is 82.9 cm³/mol. The Balaban J connectivity index is 1.94. The second-order valence-corrected chi connectivity index (χ2v) is 6.04. The molecule has 1 aliphatic heterocycles. The monoisotopic (exact) mass is 285 g/mol. The van der Waals surface area contributed by atoms with Gasteiger partial charge < -0.3 is 9.42 Å². The van der Waals surface area contributed by atoms with E-state index in [4.69, 9.17) is 4.52 Å². The number of nitrogens with zero attached hydrogens (tertiary/aromatic N) is 2. The van der Waals surface area contributed by atoms with Gasteiger partial charge in [0, 0.05) is 11.8 Å². The van der Waals surface area contributed by atoms with Crippen LogP contribution >= 0.6 is 11.8 Å². The van der Waals surface area contributed by atoms with E-state index in [1.54, 1.807) is 18.0 Å². The summed E-state index contributed by atoms with van der Waals surface area (Å²) in [5.74, 6) is 1.36. The Labute approximate surface area is 123 Å². The molecule has 1 aromatic heterocycles. The molecule has 3 rings (SSSR count). The van der Waals surface area contributed by atoms with E-state index in [0.29, 0.717) is 11.3 Å². The first-order valence-corrected chi connectivity index (χ1v) is 7.73. The minimum Gasteiger partial charge on any atom is -0.356 e. The molecule has 3 nitrogen and oxygen atoms in total. The van der Waals surface area contributed by atoms with Gasteiger partial charge in [-0.25, -0.2) is 0 Å². The van der Waals surface area contributed by atoms with Crippen molar-refractivity contribution < 1.29 is 4.52 Å². The van der Waals surface area contributed by atoms with Gasteiger partial charge in [-0.15, -0.1) is 0 Å². The fourth-order valence-electron chi connectivity index (χ4n) is 2.19. The quantitative estimate of drug-likeness (QED) is 0.832. The van der Waals surface area contributed by atoms with Gasteiger partial charge in [-0.2, -0.15) is 0 Å². The van der Waals surface area contributed by atoms with Crippen molar-refractivity contribution >= 4 is 22.4 Å². The van der Waals surface area contributed by atoms with Crippen LogP contribution in [0.15, 0.2) is 47.1 Å². The van der Waals surface area contributed by atoms with Crippen molar-refractivity contribution in [1.29, 1.82) is 0 Å². The summed E-state index contributed by atoms with van der Waals surface area (Å²) in [6.45, 7) is 4.50. The Bertz CT molecular complexity index is 580. The highest BCUT2D eigenvalue weighted by Crippen LogP contribution is 2.44. The van der Waals surface area contributed by atoms with Crippen molar-refractivity contribution in [2.45, 2.75) is 25.6 Å². The predicted octanol–water partition coefficient (Wildman–Crippen LogP) is 4.40. The van der Waals surface area contributed by atoms with Gasteiger partial charge >= 0.3 is 0 Å². The normalized spacial score (nSPS) is 20.0. The Hall–Kier alpha value is -1.68. The van der Waals surface area contributed by atoms with E-state index in [1.807, 2.05) is 12.1 Å². The molecular weight excluding hydrogens is 268 g/mol. The zero-order valence-corrected chi connectivity index (χ0v) is 12.4. The molecule has 2 unspecified atom stereocenters. The fourth-order valence-corrected chi connectivity index (χ4v) is 3.51. The largest absolute Gasteiger partial charge is 0.356 e. The van der Waals surface area contributed by atoms with Crippen LogP contribution in [0.2, 0.25) is 0 Å². The Morgan fingerprint density at radius 3 is 2.80 bits per heavy atom. The van der Waals surface area contributed by atoms with Crippen LogP contribution < -0.4 is 4.90 Å². The van der Waals surface area contributed by atoms with Gasteiger partial charge in [-0.05, 0) is 18.1 Å². The number of para-hydroxylation sites is 1. The fraction of sp³-hybridized carbons (Fsp3) is 0.312. The Morgan fingerprint density at radius 2 is 2.15 bits per heavy atom. The summed E-state index contributed by atoms with van der Waals surface area (Å²) in [4.78, 5) is 3.24. The third-order valence-corrected chi connectivity index (χ3v) is 4.99. The molecule has 2 aromatic rings. The standard InChI is InChI=1S/C16H17N2OS/c1-3-12(2)16-18(13-7-5-4-6-8-13)11-15(20-16)14-9-10-17-19-14/h4-10,12,16H,3H2,1-2H3. The smallest absolute Gasteiger partial charge is 0.175 e. The minimum atomic E-state index is 0.350. The molecule has 0 amide bonds. The highest BCUT2D eigenvalue weighted by molar-refractivity contribution is 8.09. The lowest BCUT2D eigenvalue weighted by molar-refractivity contribution is 0.412. The van der Waals surface area contributed by atoms with Crippen LogP contribution in [0.25, 0.3) is 4.91 Å². The summed E-state index contributed by atoms with van der Waals surface area (Å²) < 4.78 is 5.27. The molecule has 0 N–H and O–H groups in total. The second-order valence-electron chi connectivity index (χ2n) is 4.92. The molecule has 2 heterocycles. The number of aromatic nitrogens is 1. The van der Waals surface area contributed by atoms with Gasteiger partial charge in [0.2, 0.25) is 0 Å². The number of hydrogen-bond acceptors (Lipinski definition) is 4. The van der Waals surface area contributed by atoms with Crippen LogP contribution in [-0.2, 0) is 0 Å².